The predicted octanol–water partition coefficient (Wildman–Crippen LogP) is 2.61. The van der Waals surface area contributed by atoms with Crippen molar-refractivity contribution in [3.8, 4) is 0 Å². The Morgan fingerprint density at radius 2 is 2.23 bits per heavy atom. The zero-order valence-corrected chi connectivity index (χ0v) is 14.2. The van der Waals surface area contributed by atoms with E-state index >= 15 is 0 Å². The molecule has 0 bridgehead atoms. The van der Waals surface area contributed by atoms with Gasteiger partial charge < -0.3 is 19.5 Å². The van der Waals surface area contributed by atoms with Crippen LogP contribution in [0.25, 0.3) is 0 Å². The van der Waals surface area contributed by atoms with Crippen LogP contribution in [0.5, 0.6) is 0 Å². The van der Waals surface area contributed by atoms with E-state index in [0.29, 0.717) is 26.2 Å². The first kappa shape index (κ1) is 16.8. The molecule has 0 aliphatic carbocycles. The lowest BCUT2D eigenvalue weighted by molar-refractivity contribution is -0.0872. The Morgan fingerprint density at radius 1 is 1.50 bits per heavy atom. The number of amides is 2. The number of aromatic nitrogens is 1. The minimum atomic E-state index is -0.233. The maximum atomic E-state index is 12.4. The van der Waals surface area contributed by atoms with Crippen molar-refractivity contribution in [3.63, 3.8) is 0 Å². The molecule has 2 amide bonds. The van der Waals surface area contributed by atoms with Crippen LogP contribution in [0.1, 0.15) is 50.1 Å². The summed E-state index contributed by atoms with van der Waals surface area (Å²) in [4.78, 5) is 14.2. The van der Waals surface area contributed by atoms with Crippen molar-refractivity contribution in [3.05, 3.63) is 17.0 Å². The zero-order chi connectivity index (χ0) is 16.3. The Hall–Kier alpha value is -1.56. The van der Waals surface area contributed by atoms with Crippen molar-refractivity contribution < 1.29 is 14.1 Å². The highest BCUT2D eigenvalue weighted by Crippen LogP contribution is 2.23. The number of urea groups is 1. The fraction of sp³-hybridized carbons (Fsp3) is 0.750. The number of hydrogen-bond acceptors (Lipinski definition) is 4. The van der Waals surface area contributed by atoms with Crippen molar-refractivity contribution in [2.75, 3.05) is 26.2 Å². The molecule has 1 saturated heterocycles. The van der Waals surface area contributed by atoms with Gasteiger partial charge in [-0.2, -0.15) is 0 Å². The molecule has 0 spiro atoms. The first-order valence-corrected chi connectivity index (χ1v) is 7.96. The fourth-order valence-corrected chi connectivity index (χ4v) is 2.97. The number of aryl methyl sites for hydroxylation is 2. The number of nitrogens with one attached hydrogen (secondary N) is 1. The van der Waals surface area contributed by atoms with Gasteiger partial charge in [0, 0.05) is 24.6 Å². The highest BCUT2D eigenvalue weighted by molar-refractivity contribution is 5.74. The van der Waals surface area contributed by atoms with E-state index in [-0.39, 0.29) is 17.6 Å². The van der Waals surface area contributed by atoms with Gasteiger partial charge in [0.25, 0.3) is 0 Å². The van der Waals surface area contributed by atoms with E-state index in [1.165, 1.54) is 0 Å². The number of carbonyl (C=O) groups is 1. The van der Waals surface area contributed by atoms with Crippen LogP contribution in [0, 0.1) is 13.8 Å². The van der Waals surface area contributed by atoms with Gasteiger partial charge in [-0.15, -0.1) is 0 Å². The Morgan fingerprint density at radius 3 is 2.82 bits per heavy atom. The van der Waals surface area contributed by atoms with Crippen LogP contribution in [0.4, 0.5) is 4.79 Å². The van der Waals surface area contributed by atoms with Crippen LogP contribution >= 0.6 is 0 Å². The van der Waals surface area contributed by atoms with Gasteiger partial charge in [0.2, 0.25) is 0 Å². The number of rotatable bonds is 4. The van der Waals surface area contributed by atoms with Gasteiger partial charge in [-0.25, -0.2) is 4.79 Å². The van der Waals surface area contributed by atoms with E-state index in [1.807, 2.05) is 18.7 Å². The van der Waals surface area contributed by atoms with Crippen LogP contribution in [0.2, 0.25) is 0 Å². The van der Waals surface area contributed by atoms with Gasteiger partial charge in [-0.1, -0.05) is 19.0 Å². The topological polar surface area (TPSA) is 67.6 Å². The third-order valence-electron chi connectivity index (χ3n) is 4.51. The second-order valence-corrected chi connectivity index (χ2v) is 6.40. The SMILES string of the molecule is CC[C@@]1(C)CN(C(=O)NC[C@H](C)c2c(C)noc2C)CCO1. The van der Waals surface area contributed by atoms with Crippen molar-refractivity contribution in [1.29, 1.82) is 0 Å². The van der Waals surface area contributed by atoms with Gasteiger partial charge in [0.15, 0.2) is 0 Å². The Labute approximate surface area is 132 Å². The van der Waals surface area contributed by atoms with Crippen molar-refractivity contribution in [2.24, 2.45) is 0 Å². The highest BCUT2D eigenvalue weighted by atomic mass is 16.5. The summed E-state index contributed by atoms with van der Waals surface area (Å²) in [6.07, 6.45) is 0.895. The summed E-state index contributed by atoms with van der Waals surface area (Å²) in [5.41, 5.74) is 1.74. The van der Waals surface area contributed by atoms with E-state index in [2.05, 4.69) is 31.2 Å². The van der Waals surface area contributed by atoms with E-state index < -0.39 is 0 Å². The van der Waals surface area contributed by atoms with Crippen LogP contribution in [-0.2, 0) is 4.74 Å². The Kier molecular flexibility index (Phi) is 5.11. The minimum absolute atomic E-state index is 0.0263. The molecule has 1 aliphatic heterocycles. The lowest BCUT2D eigenvalue weighted by Crippen LogP contribution is -2.54. The van der Waals surface area contributed by atoms with Crippen LogP contribution in [0.3, 0.4) is 0 Å². The summed E-state index contributed by atoms with van der Waals surface area (Å²) in [6, 6.07) is -0.0263. The van der Waals surface area contributed by atoms with Crippen LogP contribution < -0.4 is 5.32 Å². The maximum Gasteiger partial charge on any atom is 0.317 e. The molecule has 1 aromatic heterocycles. The zero-order valence-electron chi connectivity index (χ0n) is 14.2. The van der Waals surface area contributed by atoms with E-state index in [0.717, 1.165) is 23.4 Å². The number of nitrogens with zero attached hydrogens (tertiary/aromatic N) is 2. The molecule has 22 heavy (non-hydrogen) atoms. The number of carbonyl (C=O) groups excluding carboxylic acids is 1. The lowest BCUT2D eigenvalue weighted by atomic mass is 9.99. The summed E-state index contributed by atoms with van der Waals surface area (Å²) in [5, 5.41) is 6.99. The smallest absolute Gasteiger partial charge is 0.317 e. The second-order valence-electron chi connectivity index (χ2n) is 6.40. The summed E-state index contributed by atoms with van der Waals surface area (Å²) in [5.74, 6) is 0.998. The van der Waals surface area contributed by atoms with Gasteiger partial charge in [-0.05, 0) is 27.2 Å². The predicted molar refractivity (Wildman–Crippen MR) is 84.0 cm³/mol. The second kappa shape index (κ2) is 6.69. The molecule has 0 unspecified atom stereocenters. The lowest BCUT2D eigenvalue weighted by Gasteiger charge is -2.40. The van der Waals surface area contributed by atoms with Gasteiger partial charge >= 0.3 is 6.03 Å². The molecule has 1 N–H and O–H groups in total. The Bertz CT molecular complexity index is 509. The summed E-state index contributed by atoms with van der Waals surface area (Å²) < 4.78 is 11.0. The third kappa shape index (κ3) is 3.61. The van der Waals surface area contributed by atoms with E-state index in [1.54, 1.807) is 0 Å². The van der Waals surface area contributed by atoms with Crippen LogP contribution in [0.15, 0.2) is 4.52 Å². The fourth-order valence-electron chi connectivity index (χ4n) is 2.97. The molecule has 0 radical (unpaired) electrons. The molecule has 2 atom stereocenters. The van der Waals surface area contributed by atoms with Gasteiger partial charge in [-0.3, -0.25) is 0 Å². The molecule has 1 fully saturated rings. The molecule has 0 saturated carbocycles. The molecule has 2 heterocycles. The first-order valence-electron chi connectivity index (χ1n) is 7.96. The summed E-state index contributed by atoms with van der Waals surface area (Å²) in [6.45, 7) is 12.5. The van der Waals surface area contributed by atoms with Gasteiger partial charge in [0.05, 0.1) is 24.4 Å². The molecule has 124 valence electrons. The Balaban J connectivity index is 1.90. The summed E-state index contributed by atoms with van der Waals surface area (Å²) in [7, 11) is 0. The number of hydrogen-bond donors (Lipinski definition) is 1. The highest BCUT2D eigenvalue weighted by Gasteiger charge is 2.32. The normalized spacial score (nSPS) is 23.4. The monoisotopic (exact) mass is 309 g/mol. The molecule has 6 heteroatoms. The third-order valence-corrected chi connectivity index (χ3v) is 4.51. The molecule has 1 aromatic rings. The van der Waals surface area contributed by atoms with E-state index in [9.17, 15) is 4.79 Å². The number of ether oxygens (including phenoxy) is 1. The average Bonchev–Trinajstić information content (AvgIpc) is 2.83. The van der Waals surface area contributed by atoms with Crippen molar-refractivity contribution >= 4 is 6.03 Å². The molecule has 2 rings (SSSR count). The first-order chi connectivity index (χ1) is 10.4. The molecular formula is C16H27N3O3. The number of morpholine rings is 1. The molecule has 6 nitrogen and oxygen atoms in total. The maximum absolute atomic E-state index is 12.4. The average molecular weight is 309 g/mol. The largest absolute Gasteiger partial charge is 0.372 e. The molecule has 0 aromatic carbocycles. The van der Waals surface area contributed by atoms with Crippen molar-refractivity contribution in [2.45, 2.75) is 52.6 Å². The quantitative estimate of drug-likeness (QED) is 0.928. The molecule has 1 aliphatic rings. The summed E-state index contributed by atoms with van der Waals surface area (Å²) >= 11 is 0. The standard InChI is InChI=1S/C16H27N3O3/c1-6-16(5)10-19(7-8-21-16)15(20)17-9-11(2)14-12(3)18-22-13(14)4/h11H,6-10H2,1-5H3,(H,17,20)/t11-,16-/m0/s1. The minimum Gasteiger partial charge on any atom is -0.372 e. The van der Waals surface area contributed by atoms with E-state index in [4.69, 9.17) is 9.26 Å². The molecular weight excluding hydrogens is 282 g/mol. The van der Waals surface area contributed by atoms with Crippen molar-refractivity contribution in [1.82, 2.24) is 15.4 Å². The van der Waals surface area contributed by atoms with Crippen LogP contribution in [-0.4, -0.2) is 47.9 Å². The van der Waals surface area contributed by atoms with Gasteiger partial charge in [0.1, 0.15) is 5.76 Å².